The van der Waals surface area contributed by atoms with Gasteiger partial charge < -0.3 is 21.8 Å². The van der Waals surface area contributed by atoms with E-state index >= 15 is 0 Å². The summed E-state index contributed by atoms with van der Waals surface area (Å²) >= 11 is 0. The molecule has 0 spiro atoms. The molecule has 2 aromatic heterocycles. The van der Waals surface area contributed by atoms with E-state index in [4.69, 9.17) is 11.5 Å². The van der Waals surface area contributed by atoms with E-state index in [0.29, 0.717) is 0 Å². The predicted molar refractivity (Wildman–Crippen MR) is 63.6 cm³/mol. The molecular weight excluding hydrogens is 238 g/mol. The number of imidazole rings is 1. The van der Waals surface area contributed by atoms with Crippen LogP contribution >= 0.6 is 0 Å². The molecule has 0 aromatic carbocycles. The second-order valence-corrected chi connectivity index (χ2v) is 3.25. The Morgan fingerprint density at radius 3 is 2.83 bits per heavy atom. The number of hydrogen-bond donors (Lipinski definition) is 5. The fraction of sp³-hybridized carbons (Fsp3) is 0.125. The van der Waals surface area contributed by atoms with E-state index in [1.807, 2.05) is 0 Å². The molecule has 2 heterocycles. The number of carbonyl (C=O) groups excluding carboxylic acids is 1. The summed E-state index contributed by atoms with van der Waals surface area (Å²) in [6, 6.07) is 0. The van der Waals surface area contributed by atoms with Gasteiger partial charge in [-0.3, -0.25) is 9.89 Å². The number of carbonyl (C=O) groups is 1. The Kier molecular flexibility index (Phi) is 2.91. The molecule has 2 rings (SSSR count). The minimum Gasteiger partial charge on any atom is -0.382 e. The number of nitrogen functional groups attached to an aromatic ring is 2. The van der Waals surface area contributed by atoms with Crippen LogP contribution in [0.5, 0.6) is 0 Å². The van der Waals surface area contributed by atoms with Crippen LogP contribution in [0.3, 0.4) is 0 Å². The van der Waals surface area contributed by atoms with Gasteiger partial charge >= 0.3 is 0 Å². The van der Waals surface area contributed by atoms with Crippen LogP contribution in [0.15, 0.2) is 16.6 Å². The van der Waals surface area contributed by atoms with Crippen molar-refractivity contribution < 1.29 is 4.79 Å². The van der Waals surface area contributed by atoms with Gasteiger partial charge in [-0.1, -0.05) is 0 Å². The molecule has 0 fully saturated rings. The van der Waals surface area contributed by atoms with E-state index in [0.717, 1.165) is 0 Å². The van der Waals surface area contributed by atoms with Gasteiger partial charge in [0.25, 0.3) is 5.91 Å². The second kappa shape index (κ2) is 4.53. The molecule has 0 saturated carbocycles. The van der Waals surface area contributed by atoms with E-state index in [-0.39, 0.29) is 34.7 Å². The average molecular weight is 249 g/mol. The molecule has 10 heteroatoms. The second-order valence-electron chi connectivity index (χ2n) is 3.25. The topological polar surface area (TPSA) is 163 Å². The van der Waals surface area contributed by atoms with Crippen molar-refractivity contribution >= 4 is 29.0 Å². The summed E-state index contributed by atoms with van der Waals surface area (Å²) in [6.07, 6.45) is 1.33. The van der Waals surface area contributed by atoms with Gasteiger partial charge in [0.05, 0.1) is 6.33 Å². The van der Waals surface area contributed by atoms with Gasteiger partial charge in [0.2, 0.25) is 5.82 Å². The predicted octanol–water partition coefficient (Wildman–Crippen LogP) is 0.0722. The summed E-state index contributed by atoms with van der Waals surface area (Å²) in [5.74, 6) is 0.0884. The van der Waals surface area contributed by atoms with Crippen LogP contribution in [0, 0.1) is 0 Å². The minimum atomic E-state index is -0.352. The first-order chi connectivity index (χ1) is 8.63. The Bertz CT molecular complexity index is 576. The van der Waals surface area contributed by atoms with Crippen molar-refractivity contribution in [2.45, 2.75) is 0 Å². The van der Waals surface area contributed by atoms with Gasteiger partial charge in [0.15, 0.2) is 17.2 Å². The molecule has 0 atom stereocenters. The highest BCUT2D eigenvalue weighted by Crippen LogP contribution is 2.28. The van der Waals surface area contributed by atoms with Crippen molar-refractivity contribution in [3.8, 4) is 0 Å². The monoisotopic (exact) mass is 249 g/mol. The van der Waals surface area contributed by atoms with Crippen LogP contribution < -0.4 is 16.8 Å². The third kappa shape index (κ3) is 1.98. The van der Waals surface area contributed by atoms with Crippen LogP contribution in [-0.4, -0.2) is 33.1 Å². The molecule has 18 heavy (non-hydrogen) atoms. The lowest BCUT2D eigenvalue weighted by molar-refractivity contribution is 0.0959. The summed E-state index contributed by atoms with van der Waals surface area (Å²) < 4.78 is 0. The number of rotatable bonds is 3. The van der Waals surface area contributed by atoms with Crippen molar-refractivity contribution in [2.24, 2.45) is 10.2 Å². The molecule has 0 aliphatic heterocycles. The Morgan fingerprint density at radius 2 is 2.22 bits per heavy atom. The molecule has 0 radical (unpaired) electrons. The number of aromatic amines is 2. The third-order valence-electron chi connectivity index (χ3n) is 2.11. The summed E-state index contributed by atoms with van der Waals surface area (Å²) in [4.78, 5) is 17.9. The number of aromatic nitrogens is 4. The maximum Gasteiger partial charge on any atom is 0.271 e. The van der Waals surface area contributed by atoms with Crippen molar-refractivity contribution in [1.82, 2.24) is 25.5 Å². The quantitative estimate of drug-likeness (QED) is 0.485. The Balaban J connectivity index is 2.30. The number of nitrogens with zero attached hydrogens (tertiary/aromatic N) is 4. The molecule has 7 N–H and O–H groups in total. The van der Waals surface area contributed by atoms with Gasteiger partial charge in [-0.15, -0.1) is 10.2 Å². The zero-order valence-electron chi connectivity index (χ0n) is 9.43. The minimum absolute atomic E-state index is 0.119. The Hall–Kier alpha value is -2.91. The fourth-order valence-corrected chi connectivity index (χ4v) is 1.22. The highest BCUT2D eigenvalue weighted by molar-refractivity contribution is 5.96. The largest absolute Gasteiger partial charge is 0.382 e. The van der Waals surface area contributed by atoms with E-state index in [2.05, 4.69) is 35.7 Å². The number of nitrogens with two attached hydrogens (primary N) is 2. The Morgan fingerprint density at radius 1 is 1.44 bits per heavy atom. The van der Waals surface area contributed by atoms with Crippen molar-refractivity contribution in [2.75, 3.05) is 18.5 Å². The van der Waals surface area contributed by atoms with Crippen LogP contribution in [-0.2, 0) is 0 Å². The van der Waals surface area contributed by atoms with Crippen molar-refractivity contribution in [3.05, 3.63) is 12.0 Å². The molecule has 0 aliphatic carbocycles. The van der Waals surface area contributed by atoms with Gasteiger partial charge in [-0.25, -0.2) is 4.98 Å². The van der Waals surface area contributed by atoms with Gasteiger partial charge in [0.1, 0.15) is 5.82 Å². The number of nitrogens with one attached hydrogen (secondary N) is 3. The van der Waals surface area contributed by atoms with E-state index in [1.54, 1.807) is 0 Å². The molecule has 94 valence electrons. The van der Waals surface area contributed by atoms with Crippen LogP contribution in [0.4, 0.5) is 23.1 Å². The van der Waals surface area contributed by atoms with Gasteiger partial charge in [0, 0.05) is 7.05 Å². The number of hydrogen-bond acceptors (Lipinski definition) is 7. The standard InChI is InChI=1S/C8H11N9O/c1-11-8(18)4-7(13-2-12-4)17-14-3-5(9)15-16-6(3)10/h2H,1H3,(H,11,18)(H,12,13)(H5,9,10,15,16). The summed E-state index contributed by atoms with van der Waals surface area (Å²) in [7, 11) is 1.50. The SMILES string of the molecule is CNC(=O)c1[nH]cnc1N=Nc1c(N)n[nH]c1N. The van der Waals surface area contributed by atoms with Crippen molar-refractivity contribution in [3.63, 3.8) is 0 Å². The lowest BCUT2D eigenvalue weighted by Gasteiger charge is -1.95. The number of azo groups is 1. The first kappa shape index (κ1) is 11.6. The summed E-state index contributed by atoms with van der Waals surface area (Å²) in [5.41, 5.74) is 11.5. The number of amides is 1. The zero-order chi connectivity index (χ0) is 13.1. The highest BCUT2D eigenvalue weighted by Gasteiger charge is 2.13. The number of anilines is 2. The molecule has 1 amide bonds. The summed E-state index contributed by atoms with van der Waals surface area (Å²) in [6.45, 7) is 0. The van der Waals surface area contributed by atoms with E-state index < -0.39 is 0 Å². The summed E-state index contributed by atoms with van der Waals surface area (Å²) in [5, 5.41) is 16.2. The van der Waals surface area contributed by atoms with Crippen LogP contribution in [0.25, 0.3) is 0 Å². The van der Waals surface area contributed by atoms with Gasteiger partial charge in [-0.2, -0.15) is 5.10 Å². The molecule has 0 bridgehead atoms. The normalized spacial score (nSPS) is 10.9. The lowest BCUT2D eigenvalue weighted by atomic mass is 10.4. The number of H-pyrrole nitrogens is 2. The van der Waals surface area contributed by atoms with E-state index in [9.17, 15) is 4.79 Å². The van der Waals surface area contributed by atoms with Crippen LogP contribution in [0.2, 0.25) is 0 Å². The smallest absolute Gasteiger partial charge is 0.271 e. The Labute approximate surface area is 101 Å². The average Bonchev–Trinajstić information content (AvgIpc) is 2.94. The van der Waals surface area contributed by atoms with Crippen LogP contribution in [0.1, 0.15) is 10.5 Å². The maximum absolute atomic E-state index is 11.4. The van der Waals surface area contributed by atoms with E-state index in [1.165, 1.54) is 13.4 Å². The molecule has 10 nitrogen and oxygen atoms in total. The molecule has 0 unspecified atom stereocenters. The van der Waals surface area contributed by atoms with Crippen molar-refractivity contribution in [1.29, 1.82) is 0 Å². The molecule has 0 saturated heterocycles. The molecular formula is C8H11N9O. The highest BCUT2D eigenvalue weighted by atomic mass is 16.1. The fourth-order valence-electron chi connectivity index (χ4n) is 1.22. The molecule has 0 aliphatic rings. The third-order valence-corrected chi connectivity index (χ3v) is 2.11. The first-order valence-corrected chi connectivity index (χ1v) is 4.90. The van der Waals surface area contributed by atoms with Gasteiger partial charge in [-0.05, 0) is 0 Å². The molecule has 2 aromatic rings. The lowest BCUT2D eigenvalue weighted by Crippen LogP contribution is -2.18. The zero-order valence-corrected chi connectivity index (χ0v) is 9.43. The first-order valence-electron chi connectivity index (χ1n) is 4.90. The maximum atomic E-state index is 11.4.